The predicted molar refractivity (Wildman–Crippen MR) is 393 cm³/mol. The summed E-state index contributed by atoms with van der Waals surface area (Å²) in [5.74, 6) is 2.99. The number of hydrogen-bond donors (Lipinski definition) is 0. The second-order valence-corrected chi connectivity index (χ2v) is 25.6. The highest BCUT2D eigenvalue weighted by molar-refractivity contribution is 6.38. The average Bonchev–Trinajstić information content (AvgIpc) is 1.52. The zero-order valence-corrected chi connectivity index (χ0v) is 50.7. The highest BCUT2D eigenvalue weighted by atomic mass is 15.2. The summed E-state index contributed by atoms with van der Waals surface area (Å²) in [6, 6.07) is 104. The molecular weight excluding hydrogens is 1160 g/mol. The fraction of sp³-hybridized carbons (Fsp3) is 0. The van der Waals surface area contributed by atoms with E-state index in [0.717, 1.165) is 105 Å². The van der Waals surface area contributed by atoms with Crippen LogP contribution in [0.25, 0.3) is 214 Å². The second kappa shape index (κ2) is 17.9. The van der Waals surface area contributed by atoms with Crippen LogP contribution in [0.3, 0.4) is 0 Å². The van der Waals surface area contributed by atoms with Crippen molar-refractivity contribution in [2.75, 3.05) is 0 Å². The number of para-hydroxylation sites is 8. The first-order chi connectivity index (χ1) is 47.2. The molecular formula is C86H47N9. The number of fused-ring (bicyclic) bond motifs is 26. The first-order valence-corrected chi connectivity index (χ1v) is 32.5. The number of hydrogen-bond acceptors (Lipinski definition) is 4. The van der Waals surface area contributed by atoms with Crippen molar-refractivity contribution in [1.82, 2.24) is 42.4 Å². The lowest BCUT2D eigenvalue weighted by Gasteiger charge is -2.14. The van der Waals surface area contributed by atoms with E-state index in [1.165, 1.54) is 97.7 Å². The van der Waals surface area contributed by atoms with E-state index in [2.05, 4.69) is 308 Å². The first-order valence-electron chi connectivity index (χ1n) is 32.5. The second-order valence-electron chi connectivity index (χ2n) is 25.6. The van der Waals surface area contributed by atoms with Gasteiger partial charge in [0.15, 0.2) is 11.6 Å². The number of rotatable bonds is 5. The molecule has 0 amide bonds. The van der Waals surface area contributed by atoms with Crippen LogP contribution in [0.1, 0.15) is 0 Å². The molecule has 0 unspecified atom stereocenters. The minimum Gasteiger partial charge on any atom is -0.308 e. The molecule has 9 heterocycles. The van der Waals surface area contributed by atoms with E-state index in [4.69, 9.17) is 19.9 Å². The maximum atomic E-state index is 5.81. The summed E-state index contributed by atoms with van der Waals surface area (Å²) in [5.41, 5.74) is 18.7. The molecule has 0 aliphatic heterocycles. The van der Waals surface area contributed by atoms with Crippen LogP contribution >= 0.6 is 0 Å². The molecule has 0 radical (unpaired) electrons. The molecule has 0 bridgehead atoms. The van der Waals surface area contributed by atoms with E-state index in [9.17, 15) is 0 Å². The molecule has 0 saturated carbocycles. The van der Waals surface area contributed by atoms with Crippen molar-refractivity contribution in [1.29, 1.82) is 0 Å². The Kier molecular flexibility index (Phi) is 9.40. The Hall–Kier alpha value is -13.0. The predicted octanol–water partition coefficient (Wildman–Crippen LogP) is 21.7. The fourth-order valence-corrected chi connectivity index (χ4v) is 17.1. The van der Waals surface area contributed by atoms with Crippen LogP contribution in [0, 0.1) is 0 Å². The number of nitrogens with zero attached hydrogens (tertiary/aromatic N) is 9. The Morgan fingerprint density at radius 3 is 1.22 bits per heavy atom. The quantitative estimate of drug-likeness (QED) is 0.172. The molecule has 0 atom stereocenters. The van der Waals surface area contributed by atoms with Crippen LogP contribution in [0.4, 0.5) is 0 Å². The third-order valence-corrected chi connectivity index (χ3v) is 20.9. The smallest absolute Gasteiger partial charge is 0.237 e. The van der Waals surface area contributed by atoms with Crippen LogP contribution < -0.4 is 0 Å². The molecule has 14 aromatic carbocycles. The van der Waals surface area contributed by atoms with Gasteiger partial charge in [0.25, 0.3) is 0 Å². The van der Waals surface area contributed by atoms with Crippen LogP contribution in [0.15, 0.2) is 285 Å². The number of benzene rings is 14. The van der Waals surface area contributed by atoms with E-state index < -0.39 is 0 Å². The summed E-state index contributed by atoms with van der Waals surface area (Å²) >= 11 is 0. The van der Waals surface area contributed by atoms with Gasteiger partial charge in [0.05, 0.1) is 77.2 Å². The molecule has 0 N–H and O–H groups in total. The zero-order chi connectivity index (χ0) is 61.5. The van der Waals surface area contributed by atoms with Gasteiger partial charge in [-0.2, -0.15) is 4.98 Å². The van der Waals surface area contributed by atoms with Gasteiger partial charge in [0.1, 0.15) is 5.82 Å². The molecule has 0 spiro atoms. The highest BCUT2D eigenvalue weighted by Crippen LogP contribution is 2.50. The Bertz CT molecular complexity index is 7350. The molecule has 0 fully saturated rings. The summed E-state index contributed by atoms with van der Waals surface area (Å²) in [6.45, 7) is 0. The molecule has 0 aliphatic rings. The summed E-state index contributed by atoms with van der Waals surface area (Å²) in [5, 5.41) is 21.1. The molecule has 23 aromatic rings. The lowest BCUT2D eigenvalue weighted by molar-refractivity contribution is 0.973. The van der Waals surface area contributed by atoms with E-state index in [1.54, 1.807) is 0 Å². The summed E-state index contributed by atoms with van der Waals surface area (Å²) in [4.78, 5) is 22.3. The van der Waals surface area contributed by atoms with Gasteiger partial charge in [-0.15, -0.1) is 0 Å². The lowest BCUT2D eigenvalue weighted by Crippen LogP contribution is -2.07. The van der Waals surface area contributed by atoms with Gasteiger partial charge in [0.2, 0.25) is 5.95 Å². The van der Waals surface area contributed by atoms with Gasteiger partial charge >= 0.3 is 0 Å². The maximum absolute atomic E-state index is 5.81. The van der Waals surface area contributed by atoms with Gasteiger partial charge in [0, 0.05) is 91.7 Å². The molecule has 9 heteroatoms. The first kappa shape index (κ1) is 49.8. The molecule has 436 valence electrons. The Labute approximate surface area is 538 Å². The number of aromatic nitrogens is 9. The van der Waals surface area contributed by atoms with Crippen molar-refractivity contribution in [2.45, 2.75) is 0 Å². The maximum Gasteiger partial charge on any atom is 0.237 e. The van der Waals surface area contributed by atoms with Crippen molar-refractivity contribution in [3.8, 4) is 40.1 Å². The Balaban J connectivity index is 0.749. The summed E-state index contributed by atoms with van der Waals surface area (Å²) in [7, 11) is 0. The Morgan fingerprint density at radius 2 is 0.621 bits per heavy atom. The largest absolute Gasteiger partial charge is 0.308 e. The minimum absolute atomic E-state index is 0.610. The van der Waals surface area contributed by atoms with Crippen molar-refractivity contribution >= 4 is 174 Å². The van der Waals surface area contributed by atoms with Crippen LogP contribution in [-0.4, -0.2) is 42.4 Å². The van der Waals surface area contributed by atoms with Crippen LogP contribution in [0.2, 0.25) is 0 Å². The molecule has 23 rings (SSSR count). The van der Waals surface area contributed by atoms with Crippen molar-refractivity contribution in [3.05, 3.63) is 285 Å². The summed E-state index contributed by atoms with van der Waals surface area (Å²) in [6.07, 6.45) is 0. The highest BCUT2D eigenvalue weighted by Gasteiger charge is 2.29. The zero-order valence-electron chi connectivity index (χ0n) is 50.7. The van der Waals surface area contributed by atoms with Gasteiger partial charge in [-0.3, -0.25) is 13.7 Å². The van der Waals surface area contributed by atoms with Crippen molar-refractivity contribution < 1.29 is 0 Å². The van der Waals surface area contributed by atoms with Crippen molar-refractivity contribution in [2.24, 2.45) is 0 Å². The molecule has 0 aliphatic carbocycles. The van der Waals surface area contributed by atoms with Gasteiger partial charge in [-0.1, -0.05) is 188 Å². The third-order valence-electron chi connectivity index (χ3n) is 20.9. The van der Waals surface area contributed by atoms with E-state index >= 15 is 0 Å². The Morgan fingerprint density at radius 1 is 0.221 bits per heavy atom. The van der Waals surface area contributed by atoms with Crippen molar-refractivity contribution in [3.63, 3.8) is 0 Å². The topological polar surface area (TPSA) is 75.2 Å². The fourth-order valence-electron chi connectivity index (χ4n) is 17.1. The van der Waals surface area contributed by atoms with Gasteiger partial charge in [-0.05, 0) is 119 Å². The summed E-state index contributed by atoms with van der Waals surface area (Å²) < 4.78 is 12.1. The minimum atomic E-state index is 0.610. The van der Waals surface area contributed by atoms with Gasteiger partial charge < -0.3 is 8.80 Å². The SMILES string of the molecule is c1ccc2c(-c3nc(-n4c5ccccc5c5c6c7cc(-c8ccc9c(c8)c8ccccc8n9-c8nc(-n9c%10ccccc%10c%10c%11c%12ccccc%12n%12c%13ccccc%13c(cc%109)c%11%12)c9ccccc9n8)ccc7n7c8ccccc8c(cc54)c67)c4ccccc4n3)cccc2c1. The standard InChI is InChI=1S/C86H47N9/c1-2-22-51-48(20-1)21-19-31-55(51)83-87-65-32-11-3-26-56(65)84(89-83)93-71-38-17-9-29-59(71)78-76(93)47-63-54-25-7-14-35-68(54)92-74-43-41-50(45-64(74)80(78)82(63)92)49-40-42-73-61(44-49)52-23-5-15-36-69(52)95(73)86-88-66-33-12-4-27-57(66)85(90-86)94-72-39-18-8-28-58(72)77-75(94)46-62-53-24-6-13-34-67(53)91-70-37-16-10-30-60(70)79(77)81(62)91/h1-47H. The monoisotopic (exact) mass is 1210 g/mol. The molecule has 0 saturated heterocycles. The van der Waals surface area contributed by atoms with Crippen LogP contribution in [0.5, 0.6) is 0 Å². The van der Waals surface area contributed by atoms with E-state index in [-0.39, 0.29) is 0 Å². The average molecular weight is 1210 g/mol. The van der Waals surface area contributed by atoms with E-state index in [1.807, 2.05) is 0 Å². The normalized spacial score (nSPS) is 12.6. The van der Waals surface area contributed by atoms with Gasteiger partial charge in [-0.25, -0.2) is 15.0 Å². The lowest BCUT2D eigenvalue weighted by atomic mass is 9.98. The van der Waals surface area contributed by atoms with Crippen LogP contribution in [-0.2, 0) is 0 Å². The third kappa shape index (κ3) is 6.36. The molecule has 9 nitrogen and oxygen atoms in total. The molecule has 9 aromatic heterocycles. The van der Waals surface area contributed by atoms with E-state index in [0.29, 0.717) is 11.8 Å². The molecule has 95 heavy (non-hydrogen) atoms.